The summed E-state index contributed by atoms with van der Waals surface area (Å²) >= 11 is 0. The number of hydrogen-bond donors (Lipinski definition) is 2. The summed E-state index contributed by atoms with van der Waals surface area (Å²) in [5.41, 5.74) is 4.03. The molecule has 0 spiro atoms. The van der Waals surface area contributed by atoms with Gasteiger partial charge < -0.3 is 10.7 Å². The quantitative estimate of drug-likeness (QED) is 0.453. The normalized spacial score (nSPS) is 11.9. The second-order valence-electron chi connectivity index (χ2n) is 4.34. The van der Waals surface area contributed by atoms with Crippen LogP contribution in [0.3, 0.4) is 0 Å². The van der Waals surface area contributed by atoms with Crippen LogP contribution in [0.5, 0.6) is 0 Å². The summed E-state index contributed by atoms with van der Waals surface area (Å²) in [6, 6.07) is 3.22. The SMILES string of the molecule is N[C@@H](Cc1c[nH]cn1)C(=O)c1cc[c]c([N+](=O)[O-])c1[N+](=O)[O-]. The van der Waals surface area contributed by atoms with Gasteiger partial charge in [-0.05, 0) is 12.1 Å². The molecule has 0 amide bonds. The smallest absolute Gasteiger partial charge is 0.351 e. The van der Waals surface area contributed by atoms with Crippen LogP contribution in [0.2, 0.25) is 0 Å². The number of nitro benzene ring substituents is 2. The zero-order chi connectivity index (χ0) is 16.3. The summed E-state index contributed by atoms with van der Waals surface area (Å²) in [6.45, 7) is 0. The Hall–Kier alpha value is -3.14. The summed E-state index contributed by atoms with van der Waals surface area (Å²) in [5.74, 6) is -0.771. The highest BCUT2D eigenvalue weighted by atomic mass is 16.6. The number of carbonyl (C=O) groups excluding carboxylic acids is 1. The second-order valence-corrected chi connectivity index (χ2v) is 4.34. The molecule has 2 rings (SSSR count). The monoisotopic (exact) mass is 304 g/mol. The summed E-state index contributed by atoms with van der Waals surface area (Å²) in [4.78, 5) is 38.8. The van der Waals surface area contributed by atoms with Gasteiger partial charge in [-0.1, -0.05) is 0 Å². The molecule has 10 heteroatoms. The van der Waals surface area contributed by atoms with Crippen LogP contribution in [-0.2, 0) is 6.42 Å². The van der Waals surface area contributed by atoms with Crippen LogP contribution in [0.25, 0.3) is 0 Å². The Labute approximate surface area is 123 Å². The van der Waals surface area contributed by atoms with Crippen LogP contribution in [0, 0.1) is 26.3 Å². The Bertz CT molecular complexity index is 728. The summed E-state index contributed by atoms with van der Waals surface area (Å²) in [7, 11) is 0. The van der Waals surface area contributed by atoms with Gasteiger partial charge in [0, 0.05) is 12.6 Å². The number of hydrogen-bond acceptors (Lipinski definition) is 7. The van der Waals surface area contributed by atoms with E-state index in [-0.39, 0.29) is 6.42 Å². The fourth-order valence-electron chi connectivity index (χ4n) is 1.92. The van der Waals surface area contributed by atoms with Crippen molar-refractivity contribution in [3.63, 3.8) is 0 Å². The van der Waals surface area contributed by atoms with E-state index in [4.69, 9.17) is 5.73 Å². The van der Waals surface area contributed by atoms with Crippen molar-refractivity contribution >= 4 is 17.2 Å². The number of nitrogens with one attached hydrogen (secondary N) is 1. The number of rotatable bonds is 6. The number of benzene rings is 1. The summed E-state index contributed by atoms with van der Waals surface area (Å²) in [5, 5.41) is 21.9. The lowest BCUT2D eigenvalue weighted by molar-refractivity contribution is -0.422. The van der Waals surface area contributed by atoms with Gasteiger partial charge in [-0.15, -0.1) is 0 Å². The maximum absolute atomic E-state index is 12.3. The molecule has 0 aliphatic rings. The Kier molecular flexibility index (Phi) is 4.23. The third kappa shape index (κ3) is 2.96. The molecule has 0 bridgehead atoms. The van der Waals surface area contributed by atoms with Gasteiger partial charge in [-0.25, -0.2) is 4.98 Å². The van der Waals surface area contributed by atoms with Gasteiger partial charge in [-0.3, -0.25) is 25.0 Å². The maximum atomic E-state index is 12.3. The van der Waals surface area contributed by atoms with Crippen LogP contribution in [0.15, 0.2) is 24.7 Å². The van der Waals surface area contributed by atoms with Crippen molar-refractivity contribution in [1.29, 1.82) is 0 Å². The molecule has 0 unspecified atom stereocenters. The van der Waals surface area contributed by atoms with E-state index in [1.807, 2.05) is 0 Å². The Morgan fingerprint density at radius 1 is 1.41 bits per heavy atom. The maximum Gasteiger partial charge on any atom is 0.357 e. The van der Waals surface area contributed by atoms with Crippen LogP contribution in [-0.4, -0.2) is 31.6 Å². The number of carbonyl (C=O) groups is 1. The molecule has 0 aliphatic carbocycles. The summed E-state index contributed by atoms with van der Waals surface area (Å²) < 4.78 is 0. The van der Waals surface area contributed by atoms with E-state index < -0.39 is 38.6 Å². The molecular formula is C12H10N5O5. The zero-order valence-corrected chi connectivity index (χ0v) is 11.1. The van der Waals surface area contributed by atoms with Crippen LogP contribution >= 0.6 is 0 Å². The predicted octanol–water partition coefficient (Wildman–Crippen LogP) is 0.779. The molecule has 22 heavy (non-hydrogen) atoms. The van der Waals surface area contributed by atoms with Gasteiger partial charge in [-0.2, -0.15) is 0 Å². The minimum atomic E-state index is -1.11. The number of nitro groups is 2. The molecule has 1 aromatic heterocycles. The topological polar surface area (TPSA) is 158 Å². The van der Waals surface area contributed by atoms with E-state index in [0.717, 1.165) is 12.1 Å². The van der Waals surface area contributed by atoms with Crippen LogP contribution in [0.1, 0.15) is 16.1 Å². The van der Waals surface area contributed by atoms with Crippen molar-refractivity contribution < 1.29 is 14.6 Å². The van der Waals surface area contributed by atoms with Crippen molar-refractivity contribution in [3.05, 3.63) is 62.2 Å². The van der Waals surface area contributed by atoms with Crippen LogP contribution < -0.4 is 5.73 Å². The van der Waals surface area contributed by atoms with Crippen molar-refractivity contribution in [2.45, 2.75) is 12.5 Å². The molecule has 0 aliphatic heterocycles. The molecule has 113 valence electrons. The van der Waals surface area contributed by atoms with E-state index in [9.17, 15) is 25.0 Å². The molecule has 2 aromatic rings. The molecule has 0 fully saturated rings. The Balaban J connectivity index is 2.38. The molecule has 3 N–H and O–H groups in total. The molecule has 0 saturated carbocycles. The highest BCUT2D eigenvalue weighted by Crippen LogP contribution is 2.30. The average Bonchev–Trinajstić information content (AvgIpc) is 2.98. The second kappa shape index (κ2) is 6.10. The number of nitrogens with zero attached hydrogens (tertiary/aromatic N) is 3. The highest BCUT2D eigenvalue weighted by molar-refractivity contribution is 6.04. The minimum Gasteiger partial charge on any atom is -0.351 e. The first-order chi connectivity index (χ1) is 10.4. The number of nitrogens with two attached hydrogens (primary N) is 1. The number of ketones is 1. The third-order valence-corrected chi connectivity index (χ3v) is 2.90. The van der Waals surface area contributed by atoms with E-state index in [1.54, 1.807) is 0 Å². The fourth-order valence-corrected chi connectivity index (χ4v) is 1.92. The van der Waals surface area contributed by atoms with Crippen molar-refractivity contribution in [2.75, 3.05) is 0 Å². The van der Waals surface area contributed by atoms with Gasteiger partial charge in [0.1, 0.15) is 5.56 Å². The number of Topliss-reactive ketones (excluding diaryl/α,β-unsaturated/α-hetero) is 1. The van der Waals surface area contributed by atoms with Crippen molar-refractivity contribution in [1.82, 2.24) is 9.97 Å². The molecule has 1 aromatic carbocycles. The van der Waals surface area contributed by atoms with Gasteiger partial charge >= 0.3 is 11.4 Å². The van der Waals surface area contributed by atoms with Gasteiger partial charge in [0.05, 0.1) is 34.0 Å². The third-order valence-electron chi connectivity index (χ3n) is 2.90. The van der Waals surface area contributed by atoms with Gasteiger partial charge in [0.2, 0.25) is 0 Å². The number of aromatic amines is 1. The van der Waals surface area contributed by atoms with Crippen molar-refractivity contribution in [2.24, 2.45) is 5.73 Å². The lowest BCUT2D eigenvalue weighted by Gasteiger charge is -2.09. The average molecular weight is 304 g/mol. The lowest BCUT2D eigenvalue weighted by Crippen LogP contribution is -2.33. The fraction of sp³-hybridized carbons (Fsp3) is 0.167. The molecule has 10 nitrogen and oxygen atoms in total. The minimum absolute atomic E-state index is 0.0475. The number of imidazole rings is 1. The molecule has 1 radical (unpaired) electrons. The first kappa shape index (κ1) is 15.3. The first-order valence-corrected chi connectivity index (χ1v) is 6.02. The number of H-pyrrole nitrogens is 1. The van der Waals surface area contributed by atoms with Gasteiger partial charge in [0.15, 0.2) is 5.78 Å². The molecule has 0 saturated heterocycles. The van der Waals surface area contributed by atoms with E-state index in [1.165, 1.54) is 12.5 Å². The molecular weight excluding hydrogens is 294 g/mol. The van der Waals surface area contributed by atoms with E-state index >= 15 is 0 Å². The Morgan fingerprint density at radius 2 is 2.14 bits per heavy atom. The predicted molar refractivity (Wildman–Crippen MR) is 73.2 cm³/mol. The van der Waals surface area contributed by atoms with E-state index in [2.05, 4.69) is 16.0 Å². The summed E-state index contributed by atoms with van der Waals surface area (Å²) in [6.07, 6.45) is 2.98. The van der Waals surface area contributed by atoms with Crippen molar-refractivity contribution in [3.8, 4) is 0 Å². The first-order valence-electron chi connectivity index (χ1n) is 6.02. The standard InChI is InChI=1S/C12H10N5O5/c13-9(4-7-5-14-6-15-7)12(18)8-2-1-3-10(16(19)20)11(8)17(21)22/h1-2,5-6,9H,4,13H2,(H,14,15)/t9-/m0/s1. The largest absolute Gasteiger partial charge is 0.357 e. The molecule has 1 atom stereocenters. The number of aromatic nitrogens is 2. The van der Waals surface area contributed by atoms with Gasteiger partial charge in [0.25, 0.3) is 0 Å². The Morgan fingerprint density at radius 3 is 2.68 bits per heavy atom. The van der Waals surface area contributed by atoms with E-state index in [0.29, 0.717) is 5.69 Å². The molecule has 1 heterocycles. The zero-order valence-electron chi connectivity index (χ0n) is 11.1. The van der Waals surface area contributed by atoms with Crippen LogP contribution in [0.4, 0.5) is 11.4 Å². The lowest BCUT2D eigenvalue weighted by atomic mass is 9.99. The highest BCUT2D eigenvalue weighted by Gasteiger charge is 2.33.